The summed E-state index contributed by atoms with van der Waals surface area (Å²) < 4.78 is 13.2. The maximum absolute atomic E-state index is 13.2. The Kier molecular flexibility index (Phi) is 2.86. The number of aliphatic carboxylic acids is 1. The van der Waals surface area contributed by atoms with Crippen LogP contribution in [0.5, 0.6) is 0 Å². The van der Waals surface area contributed by atoms with Crippen LogP contribution in [0.15, 0.2) is 12.1 Å². The standard InChI is InChI=1S/C11H11ClFNO2/c1-5-2-7-8(10(14-5)11(15)16)3-6(13)4-9(7)12/h3-5,10,14H,2H2,1H3,(H,15,16). The van der Waals surface area contributed by atoms with Gasteiger partial charge in [0.25, 0.3) is 0 Å². The third-order valence-electron chi connectivity index (χ3n) is 2.71. The maximum atomic E-state index is 13.2. The van der Waals surface area contributed by atoms with Gasteiger partial charge in [0, 0.05) is 11.1 Å². The monoisotopic (exact) mass is 243 g/mol. The molecule has 0 fully saturated rings. The zero-order chi connectivity index (χ0) is 11.9. The number of carboxylic acid groups (broad SMARTS) is 1. The minimum atomic E-state index is -1.02. The first-order valence-electron chi connectivity index (χ1n) is 4.95. The van der Waals surface area contributed by atoms with Crippen LogP contribution in [-0.4, -0.2) is 17.1 Å². The molecule has 1 aromatic rings. The first kappa shape index (κ1) is 11.4. The summed E-state index contributed by atoms with van der Waals surface area (Å²) in [5.74, 6) is -1.53. The quantitative estimate of drug-likeness (QED) is 0.795. The summed E-state index contributed by atoms with van der Waals surface area (Å²) in [6.45, 7) is 1.87. The van der Waals surface area contributed by atoms with Crippen LogP contribution in [0.1, 0.15) is 24.1 Å². The highest BCUT2D eigenvalue weighted by atomic mass is 35.5. The molecule has 0 aliphatic carbocycles. The summed E-state index contributed by atoms with van der Waals surface area (Å²) in [6, 6.07) is 1.58. The van der Waals surface area contributed by atoms with Crippen molar-refractivity contribution in [2.45, 2.75) is 25.4 Å². The van der Waals surface area contributed by atoms with Crippen LogP contribution in [0, 0.1) is 5.82 Å². The molecule has 2 rings (SSSR count). The molecule has 0 saturated carbocycles. The van der Waals surface area contributed by atoms with E-state index in [9.17, 15) is 9.18 Å². The average molecular weight is 244 g/mol. The van der Waals surface area contributed by atoms with E-state index in [0.29, 0.717) is 17.0 Å². The molecule has 5 heteroatoms. The zero-order valence-electron chi connectivity index (χ0n) is 8.63. The van der Waals surface area contributed by atoms with Gasteiger partial charge < -0.3 is 5.11 Å². The number of benzene rings is 1. The fraction of sp³-hybridized carbons (Fsp3) is 0.364. The van der Waals surface area contributed by atoms with E-state index in [4.69, 9.17) is 16.7 Å². The molecule has 0 aromatic heterocycles. The van der Waals surface area contributed by atoms with Crippen molar-refractivity contribution in [2.24, 2.45) is 0 Å². The fourth-order valence-electron chi connectivity index (χ4n) is 2.04. The summed E-state index contributed by atoms with van der Waals surface area (Å²) in [6.07, 6.45) is 0.609. The fourth-order valence-corrected chi connectivity index (χ4v) is 2.33. The number of nitrogens with one attached hydrogen (secondary N) is 1. The number of fused-ring (bicyclic) bond motifs is 1. The Hall–Kier alpha value is -1.13. The summed E-state index contributed by atoms with van der Waals surface area (Å²) in [7, 11) is 0. The van der Waals surface area contributed by atoms with Gasteiger partial charge in [0.1, 0.15) is 11.9 Å². The highest BCUT2D eigenvalue weighted by molar-refractivity contribution is 6.31. The first-order chi connectivity index (χ1) is 7.49. The highest BCUT2D eigenvalue weighted by Gasteiger charge is 2.30. The molecule has 1 aromatic carbocycles. The predicted molar refractivity (Wildman–Crippen MR) is 58.1 cm³/mol. The average Bonchev–Trinajstić information content (AvgIpc) is 2.18. The van der Waals surface area contributed by atoms with E-state index >= 15 is 0 Å². The lowest BCUT2D eigenvalue weighted by molar-refractivity contribution is -0.140. The van der Waals surface area contributed by atoms with Crippen LogP contribution in [0.25, 0.3) is 0 Å². The van der Waals surface area contributed by atoms with E-state index in [1.54, 1.807) is 0 Å². The lowest BCUT2D eigenvalue weighted by atomic mass is 9.90. The Bertz CT molecular complexity index is 450. The molecule has 2 atom stereocenters. The third kappa shape index (κ3) is 1.90. The normalized spacial score (nSPS) is 23.9. The number of carbonyl (C=O) groups is 1. The molecular formula is C11H11ClFNO2. The Labute approximate surface area is 97.2 Å². The lowest BCUT2D eigenvalue weighted by Crippen LogP contribution is -2.41. The van der Waals surface area contributed by atoms with Crippen molar-refractivity contribution < 1.29 is 14.3 Å². The van der Waals surface area contributed by atoms with Crippen LogP contribution in [-0.2, 0) is 11.2 Å². The molecular weight excluding hydrogens is 233 g/mol. The van der Waals surface area contributed by atoms with Crippen molar-refractivity contribution in [3.8, 4) is 0 Å². The molecule has 0 radical (unpaired) electrons. The van der Waals surface area contributed by atoms with Gasteiger partial charge in [-0.1, -0.05) is 11.6 Å². The number of rotatable bonds is 1. The van der Waals surface area contributed by atoms with Crippen molar-refractivity contribution in [3.05, 3.63) is 34.1 Å². The van der Waals surface area contributed by atoms with Crippen molar-refractivity contribution >= 4 is 17.6 Å². The van der Waals surface area contributed by atoms with Gasteiger partial charge in [-0.2, -0.15) is 0 Å². The number of hydrogen-bond donors (Lipinski definition) is 2. The van der Waals surface area contributed by atoms with Crippen LogP contribution in [0.4, 0.5) is 4.39 Å². The highest BCUT2D eigenvalue weighted by Crippen LogP contribution is 2.31. The van der Waals surface area contributed by atoms with Gasteiger partial charge in [0.05, 0.1) is 0 Å². The maximum Gasteiger partial charge on any atom is 0.325 e. The van der Waals surface area contributed by atoms with Crippen LogP contribution < -0.4 is 5.32 Å². The zero-order valence-corrected chi connectivity index (χ0v) is 9.38. The molecule has 1 heterocycles. The van der Waals surface area contributed by atoms with E-state index in [0.717, 1.165) is 5.56 Å². The summed E-state index contributed by atoms with van der Waals surface area (Å²) in [5, 5.41) is 12.3. The van der Waals surface area contributed by atoms with E-state index in [-0.39, 0.29) is 6.04 Å². The van der Waals surface area contributed by atoms with Gasteiger partial charge in [-0.25, -0.2) is 4.39 Å². The first-order valence-corrected chi connectivity index (χ1v) is 5.33. The summed E-state index contributed by atoms with van der Waals surface area (Å²) >= 11 is 5.92. The topological polar surface area (TPSA) is 49.3 Å². The molecule has 0 saturated heterocycles. The summed E-state index contributed by atoms with van der Waals surface area (Å²) in [5.41, 5.74) is 1.15. The van der Waals surface area contributed by atoms with E-state index in [1.165, 1.54) is 12.1 Å². The van der Waals surface area contributed by atoms with E-state index < -0.39 is 17.8 Å². The molecule has 1 aliphatic heterocycles. The van der Waals surface area contributed by atoms with Crippen molar-refractivity contribution in [1.29, 1.82) is 0 Å². The molecule has 2 unspecified atom stereocenters. The number of carboxylic acids is 1. The second kappa shape index (κ2) is 4.03. The second-order valence-corrected chi connectivity index (χ2v) is 4.41. The van der Waals surface area contributed by atoms with Crippen LogP contribution >= 0.6 is 11.6 Å². The Morgan fingerprint density at radius 3 is 2.94 bits per heavy atom. The molecule has 3 nitrogen and oxygen atoms in total. The van der Waals surface area contributed by atoms with Gasteiger partial charge in [0.15, 0.2) is 0 Å². The van der Waals surface area contributed by atoms with Crippen LogP contribution in [0.2, 0.25) is 5.02 Å². The summed E-state index contributed by atoms with van der Waals surface area (Å²) in [4.78, 5) is 11.1. The van der Waals surface area contributed by atoms with Crippen molar-refractivity contribution in [1.82, 2.24) is 5.32 Å². The Morgan fingerprint density at radius 1 is 1.62 bits per heavy atom. The molecule has 86 valence electrons. The van der Waals surface area contributed by atoms with Gasteiger partial charge in [-0.05, 0) is 36.6 Å². The van der Waals surface area contributed by atoms with Gasteiger partial charge in [-0.15, -0.1) is 0 Å². The molecule has 0 amide bonds. The SMILES string of the molecule is CC1Cc2c(Cl)cc(F)cc2C(C(=O)O)N1. The van der Waals surface area contributed by atoms with Gasteiger partial charge in [-0.3, -0.25) is 10.1 Å². The number of halogens is 2. The lowest BCUT2D eigenvalue weighted by Gasteiger charge is -2.29. The molecule has 0 spiro atoms. The third-order valence-corrected chi connectivity index (χ3v) is 3.05. The predicted octanol–water partition coefficient (Wildman–Crippen LogP) is 2.14. The van der Waals surface area contributed by atoms with E-state index in [2.05, 4.69) is 5.32 Å². The van der Waals surface area contributed by atoms with E-state index in [1.807, 2.05) is 6.92 Å². The van der Waals surface area contributed by atoms with Crippen molar-refractivity contribution in [2.75, 3.05) is 0 Å². The molecule has 1 aliphatic rings. The Morgan fingerprint density at radius 2 is 2.31 bits per heavy atom. The minimum Gasteiger partial charge on any atom is -0.480 e. The molecule has 0 bridgehead atoms. The van der Waals surface area contributed by atoms with Gasteiger partial charge in [0.2, 0.25) is 0 Å². The smallest absolute Gasteiger partial charge is 0.325 e. The van der Waals surface area contributed by atoms with Crippen molar-refractivity contribution in [3.63, 3.8) is 0 Å². The van der Waals surface area contributed by atoms with Gasteiger partial charge >= 0.3 is 5.97 Å². The number of hydrogen-bond acceptors (Lipinski definition) is 2. The second-order valence-electron chi connectivity index (χ2n) is 4.00. The minimum absolute atomic E-state index is 0.0107. The molecule has 16 heavy (non-hydrogen) atoms. The molecule has 2 N–H and O–H groups in total. The Balaban J connectivity index is 2.56. The largest absolute Gasteiger partial charge is 0.480 e. The van der Waals surface area contributed by atoms with Crippen LogP contribution in [0.3, 0.4) is 0 Å².